The molecule has 2 fully saturated rings. The molecule has 0 aromatic heterocycles. The van der Waals surface area contributed by atoms with Gasteiger partial charge in [-0.05, 0) is 57.8 Å². The van der Waals surface area contributed by atoms with E-state index in [9.17, 15) is 5.11 Å². The van der Waals surface area contributed by atoms with Crippen molar-refractivity contribution in [3.8, 4) is 11.5 Å². The number of fused-ring (bicyclic) bond motifs is 1. The maximum atomic E-state index is 11.5. The highest BCUT2D eigenvalue weighted by Crippen LogP contribution is 2.75. The molecule has 2 heterocycles. The highest BCUT2D eigenvalue weighted by molar-refractivity contribution is 5.65. The summed E-state index contributed by atoms with van der Waals surface area (Å²) in [7, 11) is 5.78. The Hall–Kier alpha value is -1.56. The van der Waals surface area contributed by atoms with Crippen LogP contribution in [0, 0.1) is 11.3 Å². The summed E-state index contributed by atoms with van der Waals surface area (Å²) in [6.07, 6.45) is 8.20. The second kappa shape index (κ2) is 5.62. The van der Waals surface area contributed by atoms with Crippen molar-refractivity contribution >= 4 is 0 Å². The van der Waals surface area contributed by atoms with Gasteiger partial charge in [-0.25, -0.2) is 0 Å². The quantitative estimate of drug-likeness (QED) is 0.772. The highest BCUT2D eigenvalue weighted by Gasteiger charge is 2.80. The molecule has 2 spiro atoms. The zero-order valence-corrected chi connectivity index (χ0v) is 18.7. The summed E-state index contributed by atoms with van der Waals surface area (Å²) >= 11 is 0. The number of aliphatic hydroxyl groups is 1. The van der Waals surface area contributed by atoms with Gasteiger partial charge < -0.3 is 24.2 Å². The minimum Gasteiger partial charge on any atom is -0.493 e. The second-order valence-corrected chi connectivity index (χ2v) is 10.4. The van der Waals surface area contributed by atoms with E-state index in [1.54, 1.807) is 14.2 Å². The van der Waals surface area contributed by atoms with Crippen LogP contribution < -0.4 is 9.47 Å². The van der Waals surface area contributed by atoms with Crippen molar-refractivity contribution in [1.29, 1.82) is 0 Å². The van der Waals surface area contributed by atoms with E-state index in [2.05, 4.69) is 43.2 Å². The van der Waals surface area contributed by atoms with Crippen molar-refractivity contribution < 1.29 is 19.3 Å². The molecule has 5 nitrogen and oxygen atoms in total. The Balaban J connectivity index is 1.69. The molecule has 7 atom stereocenters. The van der Waals surface area contributed by atoms with Crippen LogP contribution in [0.3, 0.4) is 0 Å². The van der Waals surface area contributed by atoms with Crippen LogP contribution in [-0.4, -0.2) is 61.2 Å². The summed E-state index contributed by atoms with van der Waals surface area (Å²) in [6.45, 7) is 5.10. The number of ether oxygens (including phenoxy) is 3. The van der Waals surface area contributed by atoms with E-state index in [4.69, 9.17) is 14.2 Å². The maximum absolute atomic E-state index is 11.5. The van der Waals surface area contributed by atoms with Crippen LogP contribution >= 0.6 is 0 Å². The lowest BCUT2D eigenvalue weighted by Gasteiger charge is -2.72. The predicted molar refractivity (Wildman–Crippen MR) is 114 cm³/mol. The Morgan fingerprint density at radius 3 is 2.80 bits per heavy atom. The van der Waals surface area contributed by atoms with Crippen molar-refractivity contribution in [3.63, 3.8) is 0 Å². The molecule has 1 aromatic carbocycles. The Morgan fingerprint density at radius 2 is 2.10 bits per heavy atom. The Labute approximate surface area is 179 Å². The number of nitrogens with zero attached hydrogens (tertiary/aromatic N) is 1. The van der Waals surface area contributed by atoms with Crippen molar-refractivity contribution in [1.82, 2.24) is 4.90 Å². The molecular formula is C25H33NO4. The van der Waals surface area contributed by atoms with E-state index in [0.29, 0.717) is 12.5 Å². The van der Waals surface area contributed by atoms with Gasteiger partial charge >= 0.3 is 0 Å². The normalized spacial score (nSPS) is 44.4. The number of rotatable bonds is 4. The van der Waals surface area contributed by atoms with Crippen LogP contribution in [-0.2, 0) is 16.6 Å². The van der Waals surface area contributed by atoms with Crippen LogP contribution in [0.15, 0.2) is 24.3 Å². The molecular weight excluding hydrogens is 378 g/mol. The fourth-order valence-electron chi connectivity index (χ4n) is 8.16. The predicted octanol–water partition coefficient (Wildman–Crippen LogP) is 3.08. The smallest absolute Gasteiger partial charge is 0.166 e. The average molecular weight is 412 g/mol. The molecule has 1 N–H and O–H groups in total. The first-order valence-electron chi connectivity index (χ1n) is 11.4. The fraction of sp³-hybridized carbons (Fsp3) is 0.680. The Kier molecular flexibility index (Phi) is 3.59. The van der Waals surface area contributed by atoms with Crippen LogP contribution in [0.2, 0.25) is 0 Å². The van der Waals surface area contributed by atoms with E-state index in [1.807, 2.05) is 6.92 Å². The topological polar surface area (TPSA) is 51.2 Å². The van der Waals surface area contributed by atoms with E-state index in [1.165, 1.54) is 11.1 Å². The molecule has 7 rings (SSSR count). The number of methoxy groups -OCH3 is 2. The average Bonchev–Trinajstić information content (AvgIpc) is 3.13. The SMILES string of the molecule is CCC(C)(O)C1C[C@@]23C=C[C@]1(OC)[C@@H]1Oc4c(OC)ccc5c4[C@@]12CCN(C)[C@@H]3C5. The largest absolute Gasteiger partial charge is 0.493 e. The van der Waals surface area contributed by atoms with Gasteiger partial charge in [-0.15, -0.1) is 0 Å². The number of piperidine rings is 1. The van der Waals surface area contributed by atoms with Crippen LogP contribution in [0.4, 0.5) is 0 Å². The first kappa shape index (κ1) is 19.1. The molecule has 2 unspecified atom stereocenters. The molecule has 0 amide bonds. The summed E-state index contributed by atoms with van der Waals surface area (Å²) in [6, 6.07) is 4.70. The molecule has 2 aliphatic heterocycles. The molecule has 30 heavy (non-hydrogen) atoms. The third kappa shape index (κ3) is 1.77. The molecule has 0 radical (unpaired) electrons. The van der Waals surface area contributed by atoms with E-state index >= 15 is 0 Å². The summed E-state index contributed by atoms with van der Waals surface area (Å²) in [5.74, 6) is 1.70. The van der Waals surface area contributed by atoms with Gasteiger partial charge in [-0.3, -0.25) is 0 Å². The monoisotopic (exact) mass is 411 g/mol. The van der Waals surface area contributed by atoms with Gasteiger partial charge in [0.05, 0.1) is 18.1 Å². The van der Waals surface area contributed by atoms with Crippen LogP contribution in [0.1, 0.15) is 44.2 Å². The number of hydrogen-bond donors (Lipinski definition) is 1. The lowest BCUT2D eigenvalue weighted by Crippen LogP contribution is -2.80. The van der Waals surface area contributed by atoms with Crippen molar-refractivity contribution in [2.75, 3.05) is 27.8 Å². The number of likely N-dealkylation sites (N-methyl/N-ethyl adjacent to an activating group) is 1. The van der Waals surface area contributed by atoms with Crippen LogP contribution in [0.5, 0.6) is 11.5 Å². The summed E-state index contributed by atoms with van der Waals surface area (Å²) < 4.78 is 19.0. The van der Waals surface area contributed by atoms with Gasteiger partial charge in [0, 0.05) is 30.0 Å². The van der Waals surface area contributed by atoms with Crippen molar-refractivity contribution in [2.45, 2.75) is 68.3 Å². The van der Waals surface area contributed by atoms with Crippen LogP contribution in [0.25, 0.3) is 0 Å². The van der Waals surface area contributed by atoms with Gasteiger partial charge in [0.15, 0.2) is 11.5 Å². The molecule has 4 aliphatic carbocycles. The van der Waals surface area contributed by atoms with Gasteiger partial charge in [0.25, 0.3) is 0 Å². The minimum atomic E-state index is -0.829. The minimum absolute atomic E-state index is 0.0287. The van der Waals surface area contributed by atoms with Gasteiger partial charge in [-0.2, -0.15) is 0 Å². The zero-order valence-electron chi connectivity index (χ0n) is 18.7. The zero-order chi connectivity index (χ0) is 21.1. The highest BCUT2D eigenvalue weighted by atomic mass is 16.6. The first-order chi connectivity index (χ1) is 14.3. The third-order valence-electron chi connectivity index (χ3n) is 9.74. The first-order valence-corrected chi connectivity index (χ1v) is 11.4. The van der Waals surface area contributed by atoms with Crippen molar-refractivity contribution in [3.05, 3.63) is 35.4 Å². The number of likely N-dealkylation sites (tertiary alicyclic amines) is 1. The van der Waals surface area contributed by atoms with E-state index < -0.39 is 11.2 Å². The second-order valence-electron chi connectivity index (χ2n) is 10.4. The molecule has 5 heteroatoms. The lowest BCUT2D eigenvalue weighted by atomic mass is 9.36. The molecule has 1 saturated heterocycles. The lowest BCUT2D eigenvalue weighted by molar-refractivity contribution is -0.246. The van der Waals surface area contributed by atoms with E-state index in [0.717, 1.165) is 37.3 Å². The molecule has 1 saturated carbocycles. The standard InChI is InChI=1S/C25H33NO4/c1-6-22(2,27)17-14-23-9-10-25(17,29-5)21-24(23)11-12-26(3)18(23)13-15-7-8-16(28-4)20(30-21)19(15)24/h7-10,17-18,21,27H,6,11-14H2,1-5H3/t17?,18-,21-,22?,23-,24+,25-/m1/s1. The fourth-order valence-corrected chi connectivity index (χ4v) is 8.16. The Morgan fingerprint density at radius 1 is 1.30 bits per heavy atom. The Bertz CT molecular complexity index is 957. The van der Waals surface area contributed by atoms with Gasteiger partial charge in [0.2, 0.25) is 0 Å². The third-order valence-corrected chi connectivity index (χ3v) is 9.74. The molecule has 4 bridgehead atoms. The summed E-state index contributed by atoms with van der Waals surface area (Å²) in [5, 5.41) is 11.5. The van der Waals surface area contributed by atoms with E-state index in [-0.39, 0.29) is 22.9 Å². The molecule has 1 aromatic rings. The number of hydrogen-bond acceptors (Lipinski definition) is 5. The molecule has 162 valence electrons. The van der Waals surface area contributed by atoms with Gasteiger partial charge in [-0.1, -0.05) is 25.1 Å². The summed E-state index contributed by atoms with van der Waals surface area (Å²) in [5.41, 5.74) is 1.06. The number of benzene rings is 1. The maximum Gasteiger partial charge on any atom is 0.166 e. The van der Waals surface area contributed by atoms with Crippen molar-refractivity contribution in [2.24, 2.45) is 11.3 Å². The van der Waals surface area contributed by atoms with Gasteiger partial charge in [0.1, 0.15) is 11.7 Å². The molecule has 6 aliphatic rings. The summed E-state index contributed by atoms with van der Waals surface area (Å²) in [4.78, 5) is 2.54.